The van der Waals surface area contributed by atoms with Crippen molar-refractivity contribution in [3.05, 3.63) is 65.7 Å². The Morgan fingerprint density at radius 1 is 1.00 bits per heavy atom. The highest BCUT2D eigenvalue weighted by Gasteiger charge is 2.25. The third-order valence-corrected chi connectivity index (χ3v) is 4.28. The van der Waals surface area contributed by atoms with E-state index in [1.807, 2.05) is 4.90 Å². The number of hydrogen-bond donors (Lipinski definition) is 0. The first-order valence-corrected chi connectivity index (χ1v) is 7.84. The van der Waals surface area contributed by atoms with Crippen molar-refractivity contribution in [1.29, 1.82) is 0 Å². The largest absolute Gasteiger partial charge is 0.370 e. The number of hydrogen-bond acceptors (Lipinski definition) is 4. The van der Waals surface area contributed by atoms with Crippen LogP contribution in [0.3, 0.4) is 0 Å². The van der Waals surface area contributed by atoms with Crippen molar-refractivity contribution in [3.63, 3.8) is 0 Å². The molecule has 0 saturated carbocycles. The zero-order valence-electron chi connectivity index (χ0n) is 13.1. The number of nitrogens with zero attached hydrogens (tertiary/aromatic N) is 3. The molecule has 1 aliphatic rings. The monoisotopic (exact) mass is 345 g/mol. The van der Waals surface area contributed by atoms with E-state index in [-0.39, 0.29) is 5.52 Å². The van der Waals surface area contributed by atoms with Gasteiger partial charge in [0.15, 0.2) is 11.6 Å². The summed E-state index contributed by atoms with van der Waals surface area (Å²) >= 11 is 0. The molecule has 25 heavy (non-hydrogen) atoms. The number of halogens is 3. The minimum absolute atomic E-state index is 0.253. The van der Waals surface area contributed by atoms with Gasteiger partial charge in [-0.3, -0.25) is 0 Å². The molecule has 0 N–H and O–H groups in total. The number of anilines is 1. The summed E-state index contributed by atoms with van der Waals surface area (Å²) in [6.45, 7) is 1.35. The Morgan fingerprint density at radius 3 is 2.72 bits per heavy atom. The number of ether oxygens (including phenoxy) is 1. The lowest BCUT2D eigenvalue weighted by atomic mass is 10.1. The molecule has 7 heteroatoms. The minimum atomic E-state index is -0.909. The highest BCUT2D eigenvalue weighted by atomic mass is 19.2. The van der Waals surface area contributed by atoms with Gasteiger partial charge in [0.25, 0.3) is 0 Å². The van der Waals surface area contributed by atoms with Gasteiger partial charge in [-0.2, -0.15) is 0 Å². The van der Waals surface area contributed by atoms with Crippen molar-refractivity contribution in [2.75, 3.05) is 24.6 Å². The molecule has 1 aromatic heterocycles. The van der Waals surface area contributed by atoms with E-state index in [1.165, 1.54) is 18.5 Å². The van der Waals surface area contributed by atoms with Gasteiger partial charge in [-0.05, 0) is 29.8 Å². The first-order chi connectivity index (χ1) is 12.1. The fourth-order valence-electron chi connectivity index (χ4n) is 3.05. The Balaban J connectivity index is 1.68. The van der Waals surface area contributed by atoms with Crippen LogP contribution >= 0.6 is 0 Å². The average Bonchev–Trinajstić information content (AvgIpc) is 2.64. The lowest BCUT2D eigenvalue weighted by molar-refractivity contribution is 0.0393. The van der Waals surface area contributed by atoms with Crippen LogP contribution in [0, 0.1) is 17.5 Å². The van der Waals surface area contributed by atoms with Crippen LogP contribution < -0.4 is 4.90 Å². The Kier molecular flexibility index (Phi) is 4.01. The fourth-order valence-corrected chi connectivity index (χ4v) is 3.05. The zero-order valence-corrected chi connectivity index (χ0v) is 13.1. The Labute approximate surface area is 141 Å². The van der Waals surface area contributed by atoms with Gasteiger partial charge in [-0.15, -0.1) is 0 Å². The first kappa shape index (κ1) is 15.8. The molecule has 4 nitrogen and oxygen atoms in total. The van der Waals surface area contributed by atoms with Crippen molar-refractivity contribution >= 4 is 16.7 Å². The summed E-state index contributed by atoms with van der Waals surface area (Å²) in [5, 5.41) is 0.605. The van der Waals surface area contributed by atoms with Crippen molar-refractivity contribution < 1.29 is 17.9 Å². The lowest BCUT2D eigenvalue weighted by Gasteiger charge is -2.34. The third-order valence-electron chi connectivity index (χ3n) is 4.28. The van der Waals surface area contributed by atoms with Crippen LogP contribution in [0.5, 0.6) is 0 Å². The average molecular weight is 345 g/mol. The number of fused-ring (bicyclic) bond motifs is 1. The first-order valence-electron chi connectivity index (χ1n) is 7.84. The van der Waals surface area contributed by atoms with Crippen LogP contribution in [-0.2, 0) is 4.74 Å². The van der Waals surface area contributed by atoms with E-state index in [1.54, 1.807) is 12.1 Å². The fraction of sp³-hybridized carbons (Fsp3) is 0.222. The molecule has 1 aliphatic heterocycles. The molecular formula is C18H14F3N3O. The van der Waals surface area contributed by atoms with Gasteiger partial charge >= 0.3 is 0 Å². The van der Waals surface area contributed by atoms with Crippen LogP contribution in [0.4, 0.5) is 19.0 Å². The number of morpholine rings is 1. The topological polar surface area (TPSA) is 38.2 Å². The third kappa shape index (κ3) is 2.91. The molecule has 0 aliphatic carbocycles. The second-order valence-corrected chi connectivity index (χ2v) is 5.81. The van der Waals surface area contributed by atoms with Crippen LogP contribution in [0.1, 0.15) is 11.7 Å². The summed E-state index contributed by atoms with van der Waals surface area (Å²) in [6.07, 6.45) is 0.894. The predicted molar refractivity (Wildman–Crippen MR) is 86.8 cm³/mol. The number of aromatic nitrogens is 2. The smallest absolute Gasteiger partial charge is 0.159 e. The predicted octanol–water partition coefficient (Wildman–Crippen LogP) is 3.63. The molecule has 1 atom stereocenters. The van der Waals surface area contributed by atoms with Gasteiger partial charge in [-0.25, -0.2) is 23.1 Å². The normalized spacial score (nSPS) is 17.9. The molecule has 0 amide bonds. The summed E-state index contributed by atoms with van der Waals surface area (Å²) in [4.78, 5) is 10.2. The van der Waals surface area contributed by atoms with E-state index < -0.39 is 23.6 Å². The molecule has 2 aromatic carbocycles. The Morgan fingerprint density at radius 2 is 1.88 bits per heavy atom. The van der Waals surface area contributed by atoms with Crippen LogP contribution in [0.25, 0.3) is 10.9 Å². The van der Waals surface area contributed by atoms with Gasteiger partial charge in [0.1, 0.15) is 29.6 Å². The maximum Gasteiger partial charge on any atom is 0.159 e. The molecule has 128 valence electrons. The molecule has 4 rings (SSSR count). The molecule has 1 fully saturated rings. The number of rotatable bonds is 2. The van der Waals surface area contributed by atoms with Crippen molar-refractivity contribution in [2.45, 2.75) is 6.10 Å². The summed E-state index contributed by atoms with van der Waals surface area (Å²) in [7, 11) is 0. The van der Waals surface area contributed by atoms with Gasteiger partial charge in [0.2, 0.25) is 0 Å². The van der Waals surface area contributed by atoms with E-state index >= 15 is 0 Å². The number of para-hydroxylation sites is 1. The molecule has 0 bridgehead atoms. The summed E-state index contributed by atoms with van der Waals surface area (Å²) < 4.78 is 46.3. The summed E-state index contributed by atoms with van der Waals surface area (Å²) in [5.41, 5.74) is 0.802. The van der Waals surface area contributed by atoms with Gasteiger partial charge in [-0.1, -0.05) is 12.1 Å². The highest BCUT2D eigenvalue weighted by molar-refractivity contribution is 5.89. The molecule has 0 radical (unpaired) electrons. The van der Waals surface area contributed by atoms with Gasteiger partial charge in [0, 0.05) is 18.5 Å². The van der Waals surface area contributed by atoms with Gasteiger partial charge < -0.3 is 9.64 Å². The second kappa shape index (κ2) is 6.33. The standard InChI is InChI=1S/C18H14F3N3O/c19-13-5-4-11(8-15(13)21)16-9-24(6-7-25-16)18-12-2-1-3-14(20)17(12)22-10-23-18/h1-5,8,10,16H,6-7,9H2. The van der Waals surface area contributed by atoms with Crippen LogP contribution in [-0.4, -0.2) is 29.7 Å². The molecular weight excluding hydrogens is 331 g/mol. The quantitative estimate of drug-likeness (QED) is 0.711. The SMILES string of the molecule is Fc1ccc(C2CN(c3ncnc4c(F)cccc34)CCO2)cc1F. The van der Waals surface area contributed by atoms with Crippen molar-refractivity contribution in [1.82, 2.24) is 9.97 Å². The second-order valence-electron chi connectivity index (χ2n) is 5.81. The zero-order chi connectivity index (χ0) is 17.4. The molecule has 1 saturated heterocycles. The summed E-state index contributed by atoms with van der Waals surface area (Å²) in [6, 6.07) is 8.45. The molecule has 0 spiro atoms. The Bertz CT molecular complexity index is 935. The van der Waals surface area contributed by atoms with Crippen molar-refractivity contribution in [3.8, 4) is 0 Å². The minimum Gasteiger partial charge on any atom is -0.370 e. The van der Waals surface area contributed by atoms with E-state index in [0.29, 0.717) is 36.5 Å². The highest BCUT2D eigenvalue weighted by Crippen LogP contribution is 2.30. The Hall–Kier alpha value is -2.67. The van der Waals surface area contributed by atoms with Crippen LogP contribution in [0.2, 0.25) is 0 Å². The van der Waals surface area contributed by atoms with Gasteiger partial charge in [0.05, 0.1) is 6.61 Å². The molecule has 2 heterocycles. The van der Waals surface area contributed by atoms with E-state index in [2.05, 4.69) is 9.97 Å². The van der Waals surface area contributed by atoms with E-state index in [4.69, 9.17) is 4.74 Å². The number of benzene rings is 2. The van der Waals surface area contributed by atoms with E-state index in [0.717, 1.165) is 12.1 Å². The maximum absolute atomic E-state index is 13.9. The maximum atomic E-state index is 13.9. The molecule has 3 aromatic rings. The van der Waals surface area contributed by atoms with Crippen LogP contribution in [0.15, 0.2) is 42.7 Å². The lowest BCUT2D eigenvalue weighted by Crippen LogP contribution is -2.39. The molecule has 1 unspecified atom stereocenters. The van der Waals surface area contributed by atoms with Crippen molar-refractivity contribution in [2.24, 2.45) is 0 Å². The van der Waals surface area contributed by atoms with E-state index in [9.17, 15) is 13.2 Å². The summed E-state index contributed by atoms with van der Waals surface area (Å²) in [5.74, 6) is -1.62.